The number of ether oxygens (including phenoxy) is 1. The van der Waals surface area contributed by atoms with Crippen molar-refractivity contribution in [3.63, 3.8) is 0 Å². The summed E-state index contributed by atoms with van der Waals surface area (Å²) in [5, 5.41) is 8.49. The molecular weight excluding hydrogens is 340 g/mol. The first kappa shape index (κ1) is 17.5. The zero-order chi connectivity index (χ0) is 17.9. The predicted molar refractivity (Wildman–Crippen MR) is 97.5 cm³/mol. The third-order valence-corrected chi connectivity index (χ3v) is 5.29. The maximum atomic E-state index is 11.7. The van der Waals surface area contributed by atoms with Gasteiger partial charge in [-0.15, -0.1) is 0 Å². The van der Waals surface area contributed by atoms with Crippen molar-refractivity contribution in [3.8, 4) is 5.75 Å². The smallest absolute Gasteiger partial charge is 0.241 e. The molecular formula is C17H22N4O3S. The zero-order valence-electron chi connectivity index (χ0n) is 14.1. The number of piperidine rings is 1. The van der Waals surface area contributed by atoms with Gasteiger partial charge in [-0.25, -0.2) is 18.5 Å². The highest BCUT2D eigenvalue weighted by molar-refractivity contribution is 7.89. The minimum absolute atomic E-state index is 0.0348. The van der Waals surface area contributed by atoms with E-state index in [-0.39, 0.29) is 10.9 Å². The molecule has 134 valence electrons. The Morgan fingerprint density at radius 3 is 2.48 bits per heavy atom. The fraction of sp³-hybridized carbons (Fsp3) is 0.353. The van der Waals surface area contributed by atoms with Gasteiger partial charge in [-0.05, 0) is 49.2 Å². The lowest BCUT2D eigenvalue weighted by molar-refractivity contribution is 0.414. The van der Waals surface area contributed by atoms with Gasteiger partial charge in [-0.3, -0.25) is 0 Å². The fourth-order valence-electron chi connectivity index (χ4n) is 3.00. The molecule has 3 N–H and O–H groups in total. The van der Waals surface area contributed by atoms with E-state index in [1.165, 1.54) is 6.07 Å². The molecule has 0 amide bonds. The van der Waals surface area contributed by atoms with Gasteiger partial charge in [-0.1, -0.05) is 0 Å². The molecule has 7 nitrogen and oxygen atoms in total. The number of anilines is 2. The highest BCUT2D eigenvalue weighted by atomic mass is 32.2. The van der Waals surface area contributed by atoms with Crippen LogP contribution in [0.2, 0.25) is 0 Å². The van der Waals surface area contributed by atoms with Gasteiger partial charge in [0.1, 0.15) is 16.5 Å². The fourth-order valence-corrected chi connectivity index (χ4v) is 3.65. The number of primary sulfonamides is 1. The molecule has 1 aliphatic rings. The molecule has 0 atom stereocenters. The summed E-state index contributed by atoms with van der Waals surface area (Å²) >= 11 is 0. The van der Waals surface area contributed by atoms with E-state index in [0.717, 1.165) is 37.4 Å². The Morgan fingerprint density at radius 1 is 1.20 bits per heavy atom. The molecule has 1 saturated heterocycles. The van der Waals surface area contributed by atoms with E-state index in [0.29, 0.717) is 5.82 Å². The first-order chi connectivity index (χ1) is 12.0. The summed E-state index contributed by atoms with van der Waals surface area (Å²) in [6, 6.07) is 11.2. The summed E-state index contributed by atoms with van der Waals surface area (Å²) in [4.78, 5) is 6.47. The van der Waals surface area contributed by atoms with Crippen LogP contribution in [-0.4, -0.2) is 39.6 Å². The highest BCUT2D eigenvalue weighted by Gasteiger charge is 2.22. The number of benzene rings is 1. The topological polar surface area (TPSA) is 97.5 Å². The SMILES string of the molecule is COc1ccc(N2CCC(Nc3ncccc3S(N)(=O)=O)CC2)cc1. The van der Waals surface area contributed by atoms with E-state index >= 15 is 0 Å². The minimum atomic E-state index is -3.79. The lowest BCUT2D eigenvalue weighted by atomic mass is 10.0. The molecule has 8 heteroatoms. The number of nitrogens with one attached hydrogen (secondary N) is 1. The van der Waals surface area contributed by atoms with Crippen LogP contribution in [0, 0.1) is 0 Å². The van der Waals surface area contributed by atoms with Gasteiger partial charge in [0, 0.05) is 31.0 Å². The van der Waals surface area contributed by atoms with Crippen LogP contribution in [0.25, 0.3) is 0 Å². The number of pyridine rings is 1. The Morgan fingerprint density at radius 2 is 1.88 bits per heavy atom. The Bertz CT molecular complexity index is 816. The van der Waals surface area contributed by atoms with Crippen molar-refractivity contribution in [2.45, 2.75) is 23.8 Å². The number of nitrogens with zero attached hydrogens (tertiary/aromatic N) is 2. The summed E-state index contributed by atoms with van der Waals surface area (Å²) < 4.78 is 28.5. The monoisotopic (exact) mass is 362 g/mol. The van der Waals surface area contributed by atoms with Crippen LogP contribution < -0.4 is 20.1 Å². The number of nitrogens with two attached hydrogens (primary N) is 1. The van der Waals surface area contributed by atoms with E-state index in [1.54, 1.807) is 19.4 Å². The molecule has 1 aliphatic heterocycles. The number of methoxy groups -OCH3 is 1. The molecule has 1 aromatic carbocycles. The van der Waals surface area contributed by atoms with E-state index < -0.39 is 10.0 Å². The normalized spacial score (nSPS) is 15.8. The molecule has 1 fully saturated rings. The molecule has 25 heavy (non-hydrogen) atoms. The van der Waals surface area contributed by atoms with Crippen molar-refractivity contribution in [1.82, 2.24) is 4.98 Å². The third-order valence-electron chi connectivity index (χ3n) is 4.35. The third kappa shape index (κ3) is 4.21. The average molecular weight is 362 g/mol. The number of hydrogen-bond acceptors (Lipinski definition) is 6. The van der Waals surface area contributed by atoms with Crippen LogP contribution in [0.15, 0.2) is 47.5 Å². The van der Waals surface area contributed by atoms with Gasteiger partial charge in [0.15, 0.2) is 0 Å². The molecule has 2 heterocycles. The second-order valence-corrected chi connectivity index (χ2v) is 7.53. The number of hydrogen-bond donors (Lipinski definition) is 2. The second-order valence-electron chi connectivity index (χ2n) is 6.00. The van der Waals surface area contributed by atoms with Crippen molar-refractivity contribution >= 4 is 21.5 Å². The number of aromatic nitrogens is 1. The van der Waals surface area contributed by atoms with Crippen molar-refractivity contribution in [2.24, 2.45) is 5.14 Å². The van der Waals surface area contributed by atoms with Crippen LogP contribution in [0.5, 0.6) is 5.75 Å². The second kappa shape index (κ2) is 7.28. The molecule has 0 spiro atoms. The van der Waals surface area contributed by atoms with Crippen LogP contribution >= 0.6 is 0 Å². The van der Waals surface area contributed by atoms with E-state index in [4.69, 9.17) is 9.88 Å². The molecule has 0 aliphatic carbocycles. The number of sulfonamides is 1. The molecule has 0 bridgehead atoms. The maximum Gasteiger partial charge on any atom is 0.241 e. The van der Waals surface area contributed by atoms with Gasteiger partial charge in [0.2, 0.25) is 10.0 Å². The van der Waals surface area contributed by atoms with E-state index in [9.17, 15) is 8.42 Å². The molecule has 3 rings (SSSR count). The van der Waals surface area contributed by atoms with Crippen molar-refractivity contribution in [2.75, 3.05) is 30.4 Å². The molecule has 0 radical (unpaired) electrons. The van der Waals surface area contributed by atoms with Crippen LogP contribution in [-0.2, 0) is 10.0 Å². The summed E-state index contributed by atoms with van der Waals surface area (Å²) in [5.41, 5.74) is 1.15. The summed E-state index contributed by atoms with van der Waals surface area (Å²) in [5.74, 6) is 1.17. The Hall–Kier alpha value is -2.32. The van der Waals surface area contributed by atoms with Gasteiger partial charge >= 0.3 is 0 Å². The van der Waals surface area contributed by atoms with Crippen LogP contribution in [0.3, 0.4) is 0 Å². The Balaban J connectivity index is 1.63. The lowest BCUT2D eigenvalue weighted by Gasteiger charge is -2.34. The van der Waals surface area contributed by atoms with Crippen molar-refractivity contribution in [3.05, 3.63) is 42.6 Å². The first-order valence-electron chi connectivity index (χ1n) is 8.11. The quantitative estimate of drug-likeness (QED) is 0.842. The first-order valence-corrected chi connectivity index (χ1v) is 9.65. The summed E-state index contributed by atoms with van der Waals surface area (Å²) in [6.45, 7) is 1.75. The zero-order valence-corrected chi connectivity index (χ0v) is 14.9. The number of rotatable bonds is 5. The largest absolute Gasteiger partial charge is 0.497 e. The van der Waals surface area contributed by atoms with E-state index in [1.807, 2.05) is 24.3 Å². The minimum Gasteiger partial charge on any atom is -0.497 e. The van der Waals surface area contributed by atoms with Gasteiger partial charge in [0.25, 0.3) is 0 Å². The Labute approximate surface area is 147 Å². The molecule has 0 saturated carbocycles. The predicted octanol–water partition coefficient (Wildman–Crippen LogP) is 1.82. The van der Waals surface area contributed by atoms with Crippen LogP contribution in [0.1, 0.15) is 12.8 Å². The highest BCUT2D eigenvalue weighted by Crippen LogP contribution is 2.25. The lowest BCUT2D eigenvalue weighted by Crippen LogP contribution is -2.39. The average Bonchev–Trinajstić information content (AvgIpc) is 2.62. The summed E-state index contributed by atoms with van der Waals surface area (Å²) in [7, 11) is -2.14. The van der Waals surface area contributed by atoms with Gasteiger partial charge < -0.3 is 15.0 Å². The molecule has 1 aromatic heterocycles. The molecule has 2 aromatic rings. The maximum absolute atomic E-state index is 11.7. The Kier molecular flexibility index (Phi) is 5.10. The molecule has 0 unspecified atom stereocenters. The van der Waals surface area contributed by atoms with Crippen LogP contribution in [0.4, 0.5) is 11.5 Å². The van der Waals surface area contributed by atoms with Gasteiger partial charge in [-0.2, -0.15) is 0 Å². The van der Waals surface area contributed by atoms with E-state index in [2.05, 4.69) is 15.2 Å². The van der Waals surface area contributed by atoms with Gasteiger partial charge in [0.05, 0.1) is 7.11 Å². The summed E-state index contributed by atoms with van der Waals surface area (Å²) in [6.07, 6.45) is 3.32. The van der Waals surface area contributed by atoms with Crippen molar-refractivity contribution < 1.29 is 13.2 Å². The van der Waals surface area contributed by atoms with Crippen molar-refractivity contribution in [1.29, 1.82) is 0 Å². The standard InChI is InChI=1S/C17H22N4O3S/c1-24-15-6-4-14(5-7-15)21-11-8-13(9-12-21)20-17-16(25(18,22)23)3-2-10-19-17/h2-7,10,13H,8-9,11-12H2,1H3,(H,19,20)(H2,18,22,23).